The van der Waals surface area contributed by atoms with Crippen LogP contribution in [0.2, 0.25) is 0 Å². The molecule has 0 aliphatic heterocycles. The Labute approximate surface area is 119 Å². The Hall–Kier alpha value is -1.75. The van der Waals surface area contributed by atoms with Crippen molar-refractivity contribution < 1.29 is 14.3 Å². The van der Waals surface area contributed by atoms with Crippen molar-refractivity contribution in [1.82, 2.24) is 4.90 Å². The third kappa shape index (κ3) is 4.13. The Kier molecular flexibility index (Phi) is 5.24. The molecule has 1 aromatic carbocycles. The van der Waals surface area contributed by atoms with Gasteiger partial charge < -0.3 is 20.1 Å². The summed E-state index contributed by atoms with van der Waals surface area (Å²) >= 11 is 0. The van der Waals surface area contributed by atoms with E-state index < -0.39 is 0 Å². The van der Waals surface area contributed by atoms with Crippen molar-refractivity contribution in [1.29, 1.82) is 0 Å². The maximum Gasteiger partial charge on any atom is 0.226 e. The van der Waals surface area contributed by atoms with Crippen LogP contribution in [0.25, 0.3) is 0 Å². The predicted molar refractivity (Wildman–Crippen MR) is 77.6 cm³/mol. The number of ether oxygens (including phenoxy) is 2. The van der Waals surface area contributed by atoms with Crippen LogP contribution < -0.4 is 10.5 Å². The number of amides is 1. The molecule has 2 rings (SSSR count). The van der Waals surface area contributed by atoms with Crippen molar-refractivity contribution in [2.75, 3.05) is 32.6 Å². The lowest BCUT2D eigenvalue weighted by Gasteiger charge is -2.22. The molecule has 2 N–H and O–H groups in total. The highest BCUT2D eigenvalue weighted by atomic mass is 16.5. The fourth-order valence-corrected chi connectivity index (χ4v) is 2.09. The van der Waals surface area contributed by atoms with Crippen molar-refractivity contribution in [3.63, 3.8) is 0 Å². The van der Waals surface area contributed by atoms with Crippen molar-refractivity contribution in [2.45, 2.75) is 25.3 Å². The van der Waals surface area contributed by atoms with Crippen LogP contribution in [-0.4, -0.2) is 43.7 Å². The predicted octanol–water partition coefficient (Wildman–Crippen LogP) is 1.68. The third-order valence-electron chi connectivity index (χ3n) is 3.34. The minimum Gasteiger partial charge on any atom is -0.491 e. The SMILES string of the molecule is COCCN(C(=O)CCOc1ccccc1N)C1CC1. The number of para-hydroxylation sites is 2. The van der Waals surface area contributed by atoms with E-state index in [4.69, 9.17) is 15.2 Å². The summed E-state index contributed by atoms with van der Waals surface area (Å²) in [6.45, 7) is 1.59. The highest BCUT2D eigenvalue weighted by Crippen LogP contribution is 2.27. The molecular weight excluding hydrogens is 256 g/mol. The van der Waals surface area contributed by atoms with E-state index in [-0.39, 0.29) is 5.91 Å². The average molecular weight is 278 g/mol. The van der Waals surface area contributed by atoms with Crippen LogP contribution >= 0.6 is 0 Å². The summed E-state index contributed by atoms with van der Waals surface area (Å²) in [7, 11) is 1.65. The monoisotopic (exact) mass is 278 g/mol. The molecule has 0 radical (unpaired) electrons. The number of anilines is 1. The molecule has 0 bridgehead atoms. The highest BCUT2D eigenvalue weighted by molar-refractivity contribution is 5.77. The summed E-state index contributed by atoms with van der Waals surface area (Å²) in [5, 5.41) is 0. The zero-order valence-electron chi connectivity index (χ0n) is 11.9. The Morgan fingerprint density at radius 2 is 2.10 bits per heavy atom. The lowest BCUT2D eigenvalue weighted by molar-refractivity contribution is -0.132. The molecule has 1 aliphatic rings. The molecular formula is C15H22N2O3. The fraction of sp³-hybridized carbons (Fsp3) is 0.533. The number of hydrogen-bond acceptors (Lipinski definition) is 4. The van der Waals surface area contributed by atoms with Gasteiger partial charge in [-0.15, -0.1) is 0 Å². The Bertz CT molecular complexity index is 446. The first-order valence-electron chi connectivity index (χ1n) is 6.98. The molecule has 0 heterocycles. The molecule has 0 saturated heterocycles. The average Bonchev–Trinajstić information content (AvgIpc) is 3.26. The van der Waals surface area contributed by atoms with E-state index in [1.165, 1.54) is 0 Å². The largest absolute Gasteiger partial charge is 0.491 e. The smallest absolute Gasteiger partial charge is 0.226 e. The lowest BCUT2D eigenvalue weighted by Crippen LogP contribution is -2.36. The number of nitrogens with two attached hydrogens (primary N) is 1. The summed E-state index contributed by atoms with van der Waals surface area (Å²) in [5.74, 6) is 0.759. The number of carbonyl (C=O) groups excluding carboxylic acids is 1. The molecule has 1 saturated carbocycles. The quantitative estimate of drug-likeness (QED) is 0.735. The summed E-state index contributed by atoms with van der Waals surface area (Å²) < 4.78 is 10.6. The van der Waals surface area contributed by atoms with Crippen LogP contribution in [0.4, 0.5) is 5.69 Å². The van der Waals surface area contributed by atoms with Crippen molar-refractivity contribution in [2.24, 2.45) is 0 Å². The van der Waals surface area contributed by atoms with Gasteiger partial charge in [-0.3, -0.25) is 4.79 Å². The van der Waals surface area contributed by atoms with Crippen LogP contribution in [0.15, 0.2) is 24.3 Å². The first kappa shape index (κ1) is 14.7. The minimum absolute atomic E-state index is 0.124. The third-order valence-corrected chi connectivity index (χ3v) is 3.34. The number of methoxy groups -OCH3 is 1. The number of rotatable bonds is 8. The molecule has 0 spiro atoms. The number of hydrogen-bond donors (Lipinski definition) is 1. The van der Waals surface area contributed by atoms with Crippen LogP contribution in [0.5, 0.6) is 5.75 Å². The molecule has 1 amide bonds. The molecule has 0 unspecified atom stereocenters. The molecule has 1 aromatic rings. The zero-order valence-corrected chi connectivity index (χ0v) is 11.9. The lowest BCUT2D eigenvalue weighted by atomic mass is 10.3. The fourth-order valence-electron chi connectivity index (χ4n) is 2.09. The maximum absolute atomic E-state index is 12.2. The molecule has 110 valence electrons. The van der Waals surface area contributed by atoms with E-state index in [1.807, 2.05) is 23.1 Å². The van der Waals surface area contributed by atoms with Crippen LogP contribution in [-0.2, 0) is 9.53 Å². The van der Waals surface area contributed by atoms with E-state index in [2.05, 4.69) is 0 Å². The van der Waals surface area contributed by atoms with Gasteiger partial charge in [0.25, 0.3) is 0 Å². The van der Waals surface area contributed by atoms with Gasteiger partial charge in [0.15, 0.2) is 0 Å². The molecule has 1 aliphatic carbocycles. The van der Waals surface area contributed by atoms with E-state index in [0.29, 0.717) is 43.7 Å². The number of benzene rings is 1. The Morgan fingerprint density at radius 1 is 1.35 bits per heavy atom. The number of carbonyl (C=O) groups is 1. The van der Waals surface area contributed by atoms with E-state index in [0.717, 1.165) is 12.8 Å². The van der Waals surface area contributed by atoms with Crippen LogP contribution in [0, 0.1) is 0 Å². The molecule has 5 nitrogen and oxygen atoms in total. The summed E-state index contributed by atoms with van der Waals surface area (Å²) in [6, 6.07) is 7.71. The molecule has 1 fully saturated rings. The summed E-state index contributed by atoms with van der Waals surface area (Å²) in [5.41, 5.74) is 6.38. The summed E-state index contributed by atoms with van der Waals surface area (Å²) in [4.78, 5) is 14.1. The van der Waals surface area contributed by atoms with E-state index in [9.17, 15) is 4.79 Å². The minimum atomic E-state index is 0.124. The topological polar surface area (TPSA) is 64.8 Å². The standard InChI is InChI=1S/C15H22N2O3/c1-19-11-9-17(12-6-7-12)15(18)8-10-20-14-5-3-2-4-13(14)16/h2-5,12H,6-11,16H2,1H3. The number of nitrogen functional groups attached to an aromatic ring is 1. The molecule has 0 aromatic heterocycles. The summed E-state index contributed by atoms with van der Waals surface area (Å²) in [6.07, 6.45) is 2.57. The van der Waals surface area contributed by atoms with Gasteiger partial charge in [-0.25, -0.2) is 0 Å². The zero-order chi connectivity index (χ0) is 14.4. The van der Waals surface area contributed by atoms with Gasteiger partial charge >= 0.3 is 0 Å². The van der Waals surface area contributed by atoms with Gasteiger partial charge in [0.1, 0.15) is 5.75 Å². The molecule has 20 heavy (non-hydrogen) atoms. The van der Waals surface area contributed by atoms with Crippen LogP contribution in [0.1, 0.15) is 19.3 Å². The Morgan fingerprint density at radius 3 is 2.75 bits per heavy atom. The van der Waals surface area contributed by atoms with Crippen molar-refractivity contribution in [3.8, 4) is 5.75 Å². The van der Waals surface area contributed by atoms with Gasteiger partial charge in [0.2, 0.25) is 5.91 Å². The van der Waals surface area contributed by atoms with Crippen LogP contribution in [0.3, 0.4) is 0 Å². The Balaban J connectivity index is 1.77. The van der Waals surface area contributed by atoms with E-state index >= 15 is 0 Å². The van der Waals surface area contributed by atoms with Gasteiger partial charge in [-0.05, 0) is 25.0 Å². The van der Waals surface area contributed by atoms with E-state index in [1.54, 1.807) is 13.2 Å². The molecule has 0 atom stereocenters. The first-order chi connectivity index (χ1) is 9.72. The first-order valence-corrected chi connectivity index (χ1v) is 6.98. The second-order valence-electron chi connectivity index (χ2n) is 4.95. The maximum atomic E-state index is 12.2. The van der Waals surface area contributed by atoms with Gasteiger partial charge in [0.05, 0.1) is 25.3 Å². The van der Waals surface area contributed by atoms with Gasteiger partial charge in [-0.2, -0.15) is 0 Å². The second kappa shape index (κ2) is 7.14. The van der Waals surface area contributed by atoms with Gasteiger partial charge in [-0.1, -0.05) is 12.1 Å². The highest BCUT2D eigenvalue weighted by Gasteiger charge is 2.31. The second-order valence-corrected chi connectivity index (χ2v) is 4.95. The normalized spacial score (nSPS) is 14.1. The number of nitrogens with zero attached hydrogens (tertiary/aromatic N) is 1. The van der Waals surface area contributed by atoms with Crippen molar-refractivity contribution in [3.05, 3.63) is 24.3 Å². The van der Waals surface area contributed by atoms with Crippen molar-refractivity contribution >= 4 is 11.6 Å². The van der Waals surface area contributed by atoms with Gasteiger partial charge in [0, 0.05) is 19.7 Å². The molecule has 5 heteroatoms.